The fourth-order valence-corrected chi connectivity index (χ4v) is 2.88. The maximum absolute atomic E-state index is 12.5. The first-order chi connectivity index (χ1) is 13.8. The lowest BCUT2D eigenvalue weighted by atomic mass is 10.0. The Labute approximate surface area is 181 Å². The number of amides is 4. The summed E-state index contributed by atoms with van der Waals surface area (Å²) in [4.78, 5) is 50.0. The van der Waals surface area contributed by atoms with E-state index in [4.69, 9.17) is 0 Å². The number of carbonyl (C=O) groups excluding carboxylic acids is 4. The van der Waals surface area contributed by atoms with Crippen LogP contribution in [0, 0.1) is 11.8 Å². The first-order valence-electron chi connectivity index (χ1n) is 10.5. The molecule has 0 saturated carbocycles. The third-order valence-electron chi connectivity index (χ3n) is 4.77. The molecule has 172 valence electrons. The molecule has 2 atom stereocenters. The van der Waals surface area contributed by atoms with Gasteiger partial charge < -0.3 is 20.9 Å². The Bertz CT molecular complexity index is 654. The van der Waals surface area contributed by atoms with Gasteiger partial charge in [-0.3, -0.25) is 19.2 Å². The van der Waals surface area contributed by atoms with E-state index in [9.17, 15) is 19.2 Å². The second-order valence-electron chi connectivity index (χ2n) is 8.86. The molecule has 0 bridgehead atoms. The number of hydrogen-bond acceptors (Lipinski definition) is 4. The van der Waals surface area contributed by atoms with E-state index in [1.807, 2.05) is 41.5 Å². The van der Waals surface area contributed by atoms with Crippen molar-refractivity contribution in [3.05, 3.63) is 11.1 Å². The van der Waals surface area contributed by atoms with Gasteiger partial charge in [-0.05, 0) is 32.1 Å². The molecular weight excluding hydrogens is 385 g/mol. The van der Waals surface area contributed by atoms with Crippen LogP contribution in [0.4, 0.5) is 0 Å². The molecule has 0 radical (unpaired) electrons. The highest BCUT2D eigenvalue weighted by molar-refractivity contribution is 5.88. The Hall–Kier alpha value is -2.38. The van der Waals surface area contributed by atoms with Gasteiger partial charge in [0.15, 0.2) is 0 Å². The molecule has 0 fully saturated rings. The van der Waals surface area contributed by atoms with Crippen LogP contribution in [-0.4, -0.2) is 61.3 Å². The van der Waals surface area contributed by atoms with Crippen molar-refractivity contribution in [3.8, 4) is 0 Å². The van der Waals surface area contributed by atoms with Gasteiger partial charge in [0.1, 0.15) is 12.1 Å². The Kier molecular flexibility index (Phi) is 12.0. The summed E-state index contributed by atoms with van der Waals surface area (Å²) >= 11 is 0. The Morgan fingerprint density at radius 1 is 0.867 bits per heavy atom. The minimum atomic E-state index is -0.604. The SMILES string of the molecule is CC(=O)[15NH][C@H](C(=O)NC/C(C)=C(\C)CC(=O)N[C@@H](CC(C)C)C(=O)N(C)C)C(C)C. The third-order valence-corrected chi connectivity index (χ3v) is 4.77. The van der Waals surface area contributed by atoms with Gasteiger partial charge in [-0.15, -0.1) is 0 Å². The zero-order valence-corrected chi connectivity index (χ0v) is 20.0. The predicted octanol–water partition coefficient (Wildman–Crippen LogP) is 1.61. The van der Waals surface area contributed by atoms with Crippen molar-refractivity contribution in [1.82, 2.24) is 20.9 Å². The molecule has 0 rings (SSSR count). The van der Waals surface area contributed by atoms with Gasteiger partial charge in [0.25, 0.3) is 0 Å². The second-order valence-corrected chi connectivity index (χ2v) is 8.86. The van der Waals surface area contributed by atoms with Crippen LogP contribution < -0.4 is 16.0 Å². The summed E-state index contributed by atoms with van der Waals surface area (Å²) in [6.07, 6.45) is 0.719. The quantitative estimate of drug-likeness (QED) is 0.345. The molecule has 4 amide bonds. The molecule has 0 aromatic rings. The molecule has 8 nitrogen and oxygen atoms in total. The fourth-order valence-electron chi connectivity index (χ4n) is 2.88. The molecule has 0 aliphatic carbocycles. The van der Waals surface area contributed by atoms with E-state index in [-0.39, 0.29) is 48.4 Å². The lowest BCUT2D eigenvalue weighted by molar-refractivity contribution is -0.134. The third kappa shape index (κ3) is 10.4. The first-order valence-corrected chi connectivity index (χ1v) is 10.5. The van der Waals surface area contributed by atoms with Crippen LogP contribution in [-0.2, 0) is 19.2 Å². The summed E-state index contributed by atoms with van der Waals surface area (Å²) in [7, 11) is 3.34. The second kappa shape index (κ2) is 13.0. The maximum atomic E-state index is 12.5. The molecule has 0 aliphatic rings. The zero-order valence-electron chi connectivity index (χ0n) is 20.0. The van der Waals surface area contributed by atoms with Crippen molar-refractivity contribution < 1.29 is 19.2 Å². The van der Waals surface area contributed by atoms with Gasteiger partial charge in [-0.1, -0.05) is 38.8 Å². The van der Waals surface area contributed by atoms with Crippen LogP contribution in [0.15, 0.2) is 11.1 Å². The van der Waals surface area contributed by atoms with Crippen LogP contribution >= 0.6 is 0 Å². The Morgan fingerprint density at radius 3 is 1.87 bits per heavy atom. The van der Waals surface area contributed by atoms with Crippen molar-refractivity contribution in [3.63, 3.8) is 0 Å². The van der Waals surface area contributed by atoms with Crippen LogP contribution in [0.1, 0.15) is 61.3 Å². The van der Waals surface area contributed by atoms with Crippen LogP contribution in [0.25, 0.3) is 0 Å². The fraction of sp³-hybridized carbons (Fsp3) is 0.727. The van der Waals surface area contributed by atoms with Crippen molar-refractivity contribution in [1.29, 1.82) is 0 Å². The highest BCUT2D eigenvalue weighted by Crippen LogP contribution is 2.11. The summed E-state index contributed by atoms with van der Waals surface area (Å²) in [6.45, 7) is 13.1. The van der Waals surface area contributed by atoms with Gasteiger partial charge in [0, 0.05) is 34.0 Å². The molecule has 0 heterocycles. The molecule has 0 aromatic carbocycles. The van der Waals surface area contributed by atoms with E-state index in [0.29, 0.717) is 6.42 Å². The lowest BCUT2D eigenvalue weighted by Gasteiger charge is -2.23. The summed E-state index contributed by atoms with van der Waals surface area (Å²) in [5.41, 5.74) is 1.69. The number of nitrogens with one attached hydrogen (secondary N) is 3. The van der Waals surface area contributed by atoms with Crippen LogP contribution in [0.3, 0.4) is 0 Å². The average Bonchev–Trinajstić information content (AvgIpc) is 2.61. The van der Waals surface area contributed by atoms with Gasteiger partial charge in [0.05, 0.1) is 0 Å². The van der Waals surface area contributed by atoms with E-state index < -0.39 is 12.1 Å². The molecule has 8 heteroatoms. The summed E-state index contributed by atoms with van der Waals surface area (Å²) in [6, 6.07) is -1.16. The standard InChI is InChI=1S/C22H40N4O4/c1-13(2)10-18(22(30)26(8)9)25-19(28)11-15(5)16(6)12-23-21(29)20(14(3)4)24-17(7)27/h13-14,18,20H,10-12H2,1-9H3,(H,23,29)(H,24,27)(H,25,28)/b16-15+/t18-,20-/m0/s1/i24+1. The summed E-state index contributed by atoms with van der Waals surface area (Å²) in [5.74, 6) is -0.641. The highest BCUT2D eigenvalue weighted by Gasteiger charge is 2.24. The molecule has 3 N–H and O–H groups in total. The van der Waals surface area contributed by atoms with Gasteiger partial charge in [0.2, 0.25) is 23.6 Å². The van der Waals surface area contributed by atoms with Crippen molar-refractivity contribution in [2.24, 2.45) is 11.8 Å². The number of carbonyl (C=O) groups is 4. The first kappa shape index (κ1) is 27.6. The smallest absolute Gasteiger partial charge is 0.244 e. The molecule has 0 aromatic heterocycles. The number of hydrogen-bond donors (Lipinski definition) is 3. The van der Waals surface area contributed by atoms with Crippen LogP contribution in [0.2, 0.25) is 0 Å². The van der Waals surface area contributed by atoms with E-state index in [0.717, 1.165) is 11.1 Å². The van der Waals surface area contributed by atoms with E-state index >= 15 is 0 Å². The highest BCUT2D eigenvalue weighted by atomic mass is 16.2. The van der Waals surface area contributed by atoms with Crippen molar-refractivity contribution in [2.75, 3.05) is 20.6 Å². The molecule has 0 saturated heterocycles. The molecule has 0 spiro atoms. The van der Waals surface area contributed by atoms with E-state index in [1.54, 1.807) is 14.1 Å². The van der Waals surface area contributed by atoms with Crippen molar-refractivity contribution >= 4 is 23.6 Å². The maximum Gasteiger partial charge on any atom is 0.244 e. The average molecular weight is 426 g/mol. The topological polar surface area (TPSA) is 108 Å². The largest absolute Gasteiger partial charge is 0.351 e. The van der Waals surface area contributed by atoms with E-state index in [1.165, 1.54) is 11.8 Å². The Morgan fingerprint density at radius 2 is 1.43 bits per heavy atom. The minimum absolute atomic E-state index is 0.0443. The molecule has 30 heavy (non-hydrogen) atoms. The van der Waals surface area contributed by atoms with E-state index in [2.05, 4.69) is 16.0 Å². The summed E-state index contributed by atoms with van der Waals surface area (Å²) in [5, 5.41) is 8.31. The molecule has 0 aliphatic heterocycles. The van der Waals surface area contributed by atoms with Gasteiger partial charge in [-0.25, -0.2) is 0 Å². The van der Waals surface area contributed by atoms with Crippen LogP contribution in [0.5, 0.6) is 0 Å². The predicted molar refractivity (Wildman–Crippen MR) is 119 cm³/mol. The molecular formula is C22H40N4O4. The zero-order chi connectivity index (χ0) is 23.6. The monoisotopic (exact) mass is 425 g/mol. The minimum Gasteiger partial charge on any atom is -0.351 e. The normalized spacial score (nSPS) is 14.0. The number of likely N-dealkylation sites (N-methyl/N-ethyl adjacent to an activating group) is 1. The molecule has 0 unspecified atom stereocenters. The van der Waals surface area contributed by atoms with Crippen molar-refractivity contribution in [2.45, 2.75) is 73.4 Å². The summed E-state index contributed by atoms with van der Waals surface area (Å²) < 4.78 is 0. The number of nitrogens with zero attached hydrogens (tertiary/aromatic N) is 1. The Balaban J connectivity index is 4.96. The lowest BCUT2D eigenvalue weighted by Crippen LogP contribution is -2.49. The van der Waals surface area contributed by atoms with Gasteiger partial charge in [-0.2, -0.15) is 0 Å². The number of rotatable bonds is 11. The van der Waals surface area contributed by atoms with Gasteiger partial charge >= 0.3 is 0 Å².